The second-order valence-electron chi connectivity index (χ2n) is 4.68. The van der Waals surface area contributed by atoms with Crippen LogP contribution in [0, 0.1) is 0 Å². The van der Waals surface area contributed by atoms with Gasteiger partial charge in [-0.1, -0.05) is 30.3 Å². The Morgan fingerprint density at radius 3 is 2.38 bits per heavy atom. The van der Waals surface area contributed by atoms with Gasteiger partial charge in [0, 0.05) is 13.6 Å². The molecule has 0 unspecified atom stereocenters. The van der Waals surface area contributed by atoms with E-state index in [-0.39, 0.29) is 5.91 Å². The number of amides is 1. The van der Waals surface area contributed by atoms with E-state index in [9.17, 15) is 4.79 Å². The van der Waals surface area contributed by atoms with E-state index in [1.807, 2.05) is 18.2 Å². The zero-order valence-corrected chi connectivity index (χ0v) is 10.2. The molecule has 0 saturated carbocycles. The summed E-state index contributed by atoms with van der Waals surface area (Å²) in [6.07, 6.45) is 0.860. The number of carbonyl (C=O) groups excluding carboxylic acids is 1. The van der Waals surface area contributed by atoms with Crippen molar-refractivity contribution in [3.63, 3.8) is 0 Å². The van der Waals surface area contributed by atoms with E-state index in [0.29, 0.717) is 6.54 Å². The molecule has 2 N–H and O–H groups in total. The van der Waals surface area contributed by atoms with Gasteiger partial charge < -0.3 is 10.6 Å². The van der Waals surface area contributed by atoms with Crippen LogP contribution in [0.5, 0.6) is 0 Å². The van der Waals surface area contributed by atoms with Gasteiger partial charge in [0.05, 0.1) is 5.54 Å². The van der Waals surface area contributed by atoms with Crippen molar-refractivity contribution in [3.05, 3.63) is 35.9 Å². The van der Waals surface area contributed by atoms with E-state index in [0.717, 1.165) is 6.42 Å². The van der Waals surface area contributed by atoms with Crippen LogP contribution in [0.15, 0.2) is 30.3 Å². The highest BCUT2D eigenvalue weighted by Crippen LogP contribution is 2.05. The molecule has 0 bridgehead atoms. The van der Waals surface area contributed by atoms with E-state index in [4.69, 9.17) is 5.73 Å². The molecular formula is C13H20N2O. The minimum Gasteiger partial charge on any atom is -0.344 e. The van der Waals surface area contributed by atoms with Crippen molar-refractivity contribution in [2.75, 3.05) is 13.6 Å². The summed E-state index contributed by atoms with van der Waals surface area (Å²) in [7, 11) is 1.79. The Hall–Kier alpha value is -1.35. The third-order valence-electron chi connectivity index (χ3n) is 2.48. The number of carbonyl (C=O) groups is 1. The molecule has 1 rings (SSSR count). The summed E-state index contributed by atoms with van der Waals surface area (Å²) in [4.78, 5) is 13.5. The van der Waals surface area contributed by atoms with Crippen LogP contribution in [-0.4, -0.2) is 29.9 Å². The summed E-state index contributed by atoms with van der Waals surface area (Å²) < 4.78 is 0. The third-order valence-corrected chi connectivity index (χ3v) is 2.48. The van der Waals surface area contributed by atoms with Gasteiger partial charge in [0.1, 0.15) is 0 Å². The number of benzene rings is 1. The van der Waals surface area contributed by atoms with Crippen molar-refractivity contribution >= 4 is 5.91 Å². The predicted octanol–water partition coefficient (Wildman–Crippen LogP) is 1.42. The van der Waals surface area contributed by atoms with Gasteiger partial charge in [0.15, 0.2) is 0 Å². The SMILES string of the molecule is CN(CCc1ccccc1)C(=O)C(C)(C)N. The van der Waals surface area contributed by atoms with Gasteiger partial charge in [-0.3, -0.25) is 4.79 Å². The topological polar surface area (TPSA) is 46.3 Å². The molecule has 3 heteroatoms. The van der Waals surface area contributed by atoms with Crippen LogP contribution in [0.2, 0.25) is 0 Å². The maximum absolute atomic E-state index is 11.8. The smallest absolute Gasteiger partial charge is 0.241 e. The minimum atomic E-state index is -0.786. The first-order valence-electron chi connectivity index (χ1n) is 5.49. The lowest BCUT2D eigenvalue weighted by Crippen LogP contribution is -2.50. The first-order valence-corrected chi connectivity index (χ1v) is 5.49. The van der Waals surface area contributed by atoms with Crippen LogP contribution < -0.4 is 5.73 Å². The molecule has 0 atom stereocenters. The second-order valence-corrected chi connectivity index (χ2v) is 4.68. The average Bonchev–Trinajstić information content (AvgIpc) is 2.25. The summed E-state index contributed by atoms with van der Waals surface area (Å²) >= 11 is 0. The molecule has 0 aliphatic rings. The molecule has 3 nitrogen and oxygen atoms in total. The molecule has 0 saturated heterocycles. The Morgan fingerprint density at radius 2 is 1.88 bits per heavy atom. The minimum absolute atomic E-state index is 0.0246. The Kier molecular flexibility index (Phi) is 4.07. The number of hydrogen-bond donors (Lipinski definition) is 1. The van der Waals surface area contributed by atoms with Crippen molar-refractivity contribution in [3.8, 4) is 0 Å². The van der Waals surface area contributed by atoms with Gasteiger partial charge >= 0.3 is 0 Å². The molecule has 0 heterocycles. The Balaban J connectivity index is 2.48. The summed E-state index contributed by atoms with van der Waals surface area (Å²) in [6, 6.07) is 10.1. The van der Waals surface area contributed by atoms with Crippen molar-refractivity contribution in [2.24, 2.45) is 5.73 Å². The molecule has 16 heavy (non-hydrogen) atoms. The van der Waals surface area contributed by atoms with Crippen molar-refractivity contribution in [1.82, 2.24) is 4.90 Å². The monoisotopic (exact) mass is 220 g/mol. The van der Waals surface area contributed by atoms with Crippen LogP contribution in [0.3, 0.4) is 0 Å². The van der Waals surface area contributed by atoms with Crippen LogP contribution in [-0.2, 0) is 11.2 Å². The number of nitrogens with two attached hydrogens (primary N) is 1. The maximum atomic E-state index is 11.8. The van der Waals surface area contributed by atoms with E-state index < -0.39 is 5.54 Å². The quantitative estimate of drug-likeness (QED) is 0.834. The van der Waals surface area contributed by atoms with Crippen LogP contribution >= 0.6 is 0 Å². The number of hydrogen-bond acceptors (Lipinski definition) is 2. The lowest BCUT2D eigenvalue weighted by Gasteiger charge is -2.25. The molecule has 1 amide bonds. The van der Waals surface area contributed by atoms with E-state index in [2.05, 4.69) is 12.1 Å². The third kappa shape index (κ3) is 3.66. The summed E-state index contributed by atoms with van der Waals surface area (Å²) in [5.74, 6) is -0.0246. The van der Waals surface area contributed by atoms with Crippen LogP contribution in [0.4, 0.5) is 0 Å². The first kappa shape index (κ1) is 12.7. The van der Waals surface area contributed by atoms with Gasteiger partial charge in [-0.2, -0.15) is 0 Å². The fourth-order valence-corrected chi connectivity index (χ4v) is 1.53. The Labute approximate surface area is 97.2 Å². The summed E-state index contributed by atoms with van der Waals surface area (Å²) in [5, 5.41) is 0. The molecule has 0 fully saturated rings. The highest BCUT2D eigenvalue weighted by atomic mass is 16.2. The molecular weight excluding hydrogens is 200 g/mol. The van der Waals surface area contributed by atoms with Gasteiger partial charge in [-0.05, 0) is 25.8 Å². The average molecular weight is 220 g/mol. The van der Waals surface area contributed by atoms with Gasteiger partial charge in [0.2, 0.25) is 5.91 Å². The molecule has 0 aromatic heterocycles. The zero-order valence-electron chi connectivity index (χ0n) is 10.2. The van der Waals surface area contributed by atoms with Crippen molar-refractivity contribution in [1.29, 1.82) is 0 Å². The lowest BCUT2D eigenvalue weighted by molar-refractivity contribution is -0.134. The molecule has 0 radical (unpaired) electrons. The lowest BCUT2D eigenvalue weighted by atomic mass is 10.1. The molecule has 0 spiro atoms. The zero-order chi connectivity index (χ0) is 12.2. The molecule has 0 aliphatic heterocycles. The predicted molar refractivity (Wildman–Crippen MR) is 66.0 cm³/mol. The Bertz CT molecular complexity index is 341. The number of likely N-dealkylation sites (N-methyl/N-ethyl adjacent to an activating group) is 1. The fraction of sp³-hybridized carbons (Fsp3) is 0.462. The van der Waals surface area contributed by atoms with Crippen molar-refractivity contribution in [2.45, 2.75) is 25.8 Å². The first-order chi connectivity index (χ1) is 7.41. The summed E-state index contributed by atoms with van der Waals surface area (Å²) in [5.41, 5.74) is 6.20. The van der Waals surface area contributed by atoms with Gasteiger partial charge in [-0.15, -0.1) is 0 Å². The van der Waals surface area contributed by atoms with E-state index in [1.165, 1.54) is 5.56 Å². The van der Waals surface area contributed by atoms with Gasteiger partial charge in [-0.25, -0.2) is 0 Å². The van der Waals surface area contributed by atoms with Gasteiger partial charge in [0.25, 0.3) is 0 Å². The molecule has 1 aromatic rings. The highest BCUT2D eigenvalue weighted by molar-refractivity contribution is 5.84. The normalized spacial score (nSPS) is 11.2. The molecule has 0 aliphatic carbocycles. The number of nitrogens with zero attached hydrogens (tertiary/aromatic N) is 1. The Morgan fingerprint density at radius 1 is 1.31 bits per heavy atom. The van der Waals surface area contributed by atoms with Crippen LogP contribution in [0.1, 0.15) is 19.4 Å². The van der Waals surface area contributed by atoms with E-state index >= 15 is 0 Å². The van der Waals surface area contributed by atoms with E-state index in [1.54, 1.807) is 25.8 Å². The highest BCUT2D eigenvalue weighted by Gasteiger charge is 2.25. The fourth-order valence-electron chi connectivity index (χ4n) is 1.53. The summed E-state index contributed by atoms with van der Waals surface area (Å²) in [6.45, 7) is 4.16. The van der Waals surface area contributed by atoms with Crippen LogP contribution in [0.25, 0.3) is 0 Å². The largest absolute Gasteiger partial charge is 0.344 e. The standard InChI is InChI=1S/C13H20N2O/c1-13(2,14)12(16)15(3)10-9-11-7-5-4-6-8-11/h4-8H,9-10,14H2,1-3H3. The molecule has 88 valence electrons. The molecule has 1 aromatic carbocycles. The maximum Gasteiger partial charge on any atom is 0.241 e. The number of rotatable bonds is 4. The second kappa shape index (κ2) is 5.12. The van der Waals surface area contributed by atoms with Crippen molar-refractivity contribution < 1.29 is 4.79 Å².